The first-order valence-corrected chi connectivity index (χ1v) is 14.9. The van der Waals surface area contributed by atoms with Gasteiger partial charge in [-0.1, -0.05) is 60.2 Å². The highest BCUT2D eigenvalue weighted by atomic mass is 32.2. The summed E-state index contributed by atoms with van der Waals surface area (Å²) in [6.45, 7) is 2.19. The molecule has 7 nitrogen and oxygen atoms in total. The Morgan fingerprint density at radius 1 is 0.811 bits per heavy atom. The van der Waals surface area contributed by atoms with Crippen molar-refractivity contribution >= 4 is 36.7 Å². The smallest absolute Gasteiger partial charge is 0.268 e. The molecule has 0 N–H and O–H groups in total. The number of nitrogens with zero attached hydrogens (tertiary/aromatic N) is 2. The van der Waals surface area contributed by atoms with Crippen molar-refractivity contribution in [2.45, 2.75) is 35.6 Å². The van der Waals surface area contributed by atoms with Crippen molar-refractivity contribution in [3.8, 4) is 0 Å². The van der Waals surface area contributed by atoms with Crippen LogP contribution in [0.1, 0.15) is 29.3 Å². The summed E-state index contributed by atoms with van der Waals surface area (Å²) in [5, 5.41) is 0.826. The number of hydrogen-bond acceptors (Lipinski definition) is 5. The van der Waals surface area contributed by atoms with Gasteiger partial charge < -0.3 is 4.90 Å². The summed E-state index contributed by atoms with van der Waals surface area (Å²) in [4.78, 5) is 15.1. The first-order chi connectivity index (χ1) is 17.7. The molecule has 0 aliphatic carbocycles. The number of fused-ring (bicyclic) bond motifs is 5. The van der Waals surface area contributed by atoms with Gasteiger partial charge in [0.05, 0.1) is 27.0 Å². The van der Waals surface area contributed by atoms with Gasteiger partial charge in [0.2, 0.25) is 9.84 Å². The maximum absolute atomic E-state index is 14.0. The largest absolute Gasteiger partial charge is 0.329 e. The van der Waals surface area contributed by atoms with Crippen LogP contribution in [0.2, 0.25) is 0 Å². The van der Waals surface area contributed by atoms with Gasteiger partial charge in [-0.15, -0.1) is 0 Å². The van der Waals surface area contributed by atoms with E-state index in [1.807, 2.05) is 19.1 Å². The Bertz CT molecular complexity index is 1800. The van der Waals surface area contributed by atoms with Gasteiger partial charge in [-0.25, -0.2) is 20.8 Å². The molecule has 3 aromatic carbocycles. The lowest BCUT2D eigenvalue weighted by molar-refractivity contribution is -0.130. The SMILES string of the molecule is Cc1ccc(S(=O)(=O)n2c3c(c4ccccc42)CCN2C(=O)C(S(=O)(=O)c4ccccc4)=CC[C@H]32)cc1. The van der Waals surface area contributed by atoms with Gasteiger partial charge in [-0.3, -0.25) is 4.79 Å². The van der Waals surface area contributed by atoms with Crippen LogP contribution in [0.25, 0.3) is 10.9 Å². The van der Waals surface area contributed by atoms with Gasteiger partial charge in [0.25, 0.3) is 15.9 Å². The number of carbonyl (C=O) groups excluding carboxylic acids is 1. The first kappa shape index (κ1) is 23.7. The fourth-order valence-corrected chi connectivity index (χ4v) is 8.42. The third kappa shape index (κ3) is 3.56. The molecule has 1 atom stereocenters. The summed E-state index contributed by atoms with van der Waals surface area (Å²) in [6, 6.07) is 21.3. The van der Waals surface area contributed by atoms with Gasteiger partial charge in [-0.2, -0.15) is 0 Å². The second kappa shape index (κ2) is 8.43. The summed E-state index contributed by atoms with van der Waals surface area (Å²) in [6.07, 6.45) is 2.06. The van der Waals surface area contributed by atoms with E-state index in [0.717, 1.165) is 16.5 Å². The highest BCUT2D eigenvalue weighted by molar-refractivity contribution is 7.96. The highest BCUT2D eigenvalue weighted by Gasteiger charge is 2.43. The van der Waals surface area contributed by atoms with E-state index >= 15 is 0 Å². The minimum atomic E-state index is -4.00. The molecule has 9 heteroatoms. The van der Waals surface area contributed by atoms with Gasteiger partial charge in [0, 0.05) is 11.9 Å². The van der Waals surface area contributed by atoms with Gasteiger partial charge in [0.1, 0.15) is 4.91 Å². The zero-order chi connectivity index (χ0) is 25.9. The van der Waals surface area contributed by atoms with Crippen LogP contribution in [-0.2, 0) is 31.1 Å². The second-order valence-electron chi connectivity index (χ2n) is 9.35. The maximum Gasteiger partial charge on any atom is 0.268 e. The highest BCUT2D eigenvalue weighted by Crippen LogP contribution is 2.44. The molecule has 0 saturated carbocycles. The summed E-state index contributed by atoms with van der Waals surface area (Å²) >= 11 is 0. The van der Waals surface area contributed by atoms with Gasteiger partial charge in [-0.05, 0) is 55.7 Å². The third-order valence-corrected chi connectivity index (χ3v) is 10.7. The van der Waals surface area contributed by atoms with Crippen LogP contribution in [0, 0.1) is 6.92 Å². The van der Waals surface area contributed by atoms with E-state index in [-0.39, 0.29) is 21.1 Å². The Kier molecular flexibility index (Phi) is 5.40. The predicted octanol–water partition coefficient (Wildman–Crippen LogP) is 4.37. The van der Waals surface area contributed by atoms with E-state index in [2.05, 4.69) is 0 Å². The number of aryl methyl sites for hydroxylation is 1. The van der Waals surface area contributed by atoms with Crippen molar-refractivity contribution in [1.29, 1.82) is 0 Å². The molecule has 37 heavy (non-hydrogen) atoms. The average Bonchev–Trinajstić information content (AvgIpc) is 3.25. The molecule has 0 bridgehead atoms. The van der Waals surface area contributed by atoms with E-state index in [9.17, 15) is 21.6 Å². The number of rotatable bonds is 4. The number of sulfone groups is 1. The topological polar surface area (TPSA) is 93.5 Å². The molecular formula is C28H24N2O5S2. The van der Waals surface area contributed by atoms with Crippen LogP contribution in [0.15, 0.2) is 99.6 Å². The van der Waals surface area contributed by atoms with Crippen molar-refractivity contribution in [3.63, 3.8) is 0 Å². The zero-order valence-corrected chi connectivity index (χ0v) is 21.7. The molecule has 188 valence electrons. The zero-order valence-electron chi connectivity index (χ0n) is 20.0. The van der Waals surface area contributed by atoms with Crippen LogP contribution in [-0.4, -0.2) is 38.2 Å². The lowest BCUT2D eigenvalue weighted by Gasteiger charge is -2.39. The minimum absolute atomic E-state index is 0.0572. The molecule has 4 aromatic rings. The van der Waals surface area contributed by atoms with E-state index < -0.39 is 31.8 Å². The van der Waals surface area contributed by atoms with Crippen LogP contribution in [0.3, 0.4) is 0 Å². The van der Waals surface area contributed by atoms with Crippen LogP contribution >= 0.6 is 0 Å². The van der Waals surface area contributed by atoms with Gasteiger partial charge in [0.15, 0.2) is 0 Å². The molecule has 0 spiro atoms. The van der Waals surface area contributed by atoms with E-state index in [4.69, 9.17) is 0 Å². The molecule has 0 unspecified atom stereocenters. The Morgan fingerprint density at radius 2 is 1.49 bits per heavy atom. The fraction of sp³-hybridized carbons (Fsp3) is 0.179. The van der Waals surface area contributed by atoms with Crippen molar-refractivity contribution < 1.29 is 21.6 Å². The lowest BCUT2D eigenvalue weighted by atomic mass is 9.93. The van der Waals surface area contributed by atoms with Crippen molar-refractivity contribution in [1.82, 2.24) is 8.87 Å². The van der Waals surface area contributed by atoms with E-state index in [1.165, 1.54) is 27.1 Å². The van der Waals surface area contributed by atoms with Crippen molar-refractivity contribution in [3.05, 3.63) is 107 Å². The summed E-state index contributed by atoms with van der Waals surface area (Å²) in [7, 11) is -8.00. The number of aromatic nitrogens is 1. The molecule has 0 fully saturated rings. The van der Waals surface area contributed by atoms with Crippen LogP contribution in [0.5, 0.6) is 0 Å². The number of hydrogen-bond donors (Lipinski definition) is 0. The molecule has 1 amide bonds. The average molecular weight is 533 g/mol. The number of para-hydroxylation sites is 1. The number of carbonyl (C=O) groups is 1. The Balaban J connectivity index is 1.53. The molecule has 0 saturated heterocycles. The second-order valence-corrected chi connectivity index (χ2v) is 13.1. The molecular weight excluding hydrogens is 508 g/mol. The summed E-state index contributed by atoms with van der Waals surface area (Å²) in [5.74, 6) is -0.602. The fourth-order valence-electron chi connectivity index (χ4n) is 5.39. The maximum atomic E-state index is 14.0. The molecule has 6 rings (SSSR count). The lowest BCUT2D eigenvalue weighted by Crippen LogP contribution is -2.45. The van der Waals surface area contributed by atoms with Gasteiger partial charge >= 0.3 is 0 Å². The van der Waals surface area contributed by atoms with E-state index in [1.54, 1.807) is 54.6 Å². The molecule has 2 aliphatic rings. The Hall–Kier alpha value is -3.69. The monoisotopic (exact) mass is 532 g/mol. The van der Waals surface area contributed by atoms with Crippen molar-refractivity contribution in [2.75, 3.05) is 6.54 Å². The molecule has 0 radical (unpaired) electrons. The quantitative estimate of drug-likeness (QED) is 0.389. The number of amides is 1. The third-order valence-electron chi connectivity index (χ3n) is 7.17. The number of benzene rings is 3. The minimum Gasteiger partial charge on any atom is -0.329 e. The summed E-state index contributed by atoms with van der Waals surface area (Å²) in [5.41, 5.74) is 2.89. The van der Waals surface area contributed by atoms with E-state index in [0.29, 0.717) is 24.2 Å². The van der Waals surface area contributed by atoms with Crippen LogP contribution in [0.4, 0.5) is 0 Å². The summed E-state index contributed by atoms with van der Waals surface area (Å²) < 4.78 is 55.9. The molecule has 3 heterocycles. The first-order valence-electron chi connectivity index (χ1n) is 12.0. The normalized spacial score (nSPS) is 17.9. The van der Waals surface area contributed by atoms with Crippen LogP contribution < -0.4 is 0 Å². The Labute approximate surface area is 215 Å². The predicted molar refractivity (Wildman–Crippen MR) is 140 cm³/mol. The molecule has 1 aromatic heterocycles. The molecule has 2 aliphatic heterocycles. The van der Waals surface area contributed by atoms with Crippen molar-refractivity contribution in [2.24, 2.45) is 0 Å². The standard InChI is InChI=1S/C28H24N2O5S2/c1-19-11-13-21(14-12-19)37(34,35)30-24-10-6-5-9-22(24)23-17-18-29-25(27(23)30)15-16-26(28(29)31)36(32,33)20-7-3-2-4-8-20/h2-14,16,25H,15,17-18H2,1H3/t25-/m1/s1. The Morgan fingerprint density at radius 3 is 2.22 bits per heavy atom.